The molecule has 1 heteroatoms. The number of rotatable bonds is 3. The van der Waals surface area contributed by atoms with E-state index in [1.165, 1.54) is 38.5 Å². The second-order valence-electron chi connectivity index (χ2n) is 2.49. The lowest BCUT2D eigenvalue weighted by Gasteiger charge is -1.85. The van der Waals surface area contributed by atoms with Crippen molar-refractivity contribution in [3.8, 4) is 0 Å². The molecule has 56 valence electrons. The predicted octanol–water partition coefficient (Wildman–Crippen LogP) is 3.28. The van der Waals surface area contributed by atoms with E-state index in [2.05, 4.69) is 19.6 Å². The Hall–Kier alpha value is 0.350. The highest BCUT2D eigenvalue weighted by atomic mass is 32.1. The van der Waals surface area contributed by atoms with Crippen molar-refractivity contribution < 1.29 is 0 Å². The van der Waals surface area contributed by atoms with E-state index in [1.54, 1.807) is 0 Å². The molecule has 0 spiro atoms. The minimum Gasteiger partial charge on any atom is -0.179 e. The highest BCUT2D eigenvalue weighted by Crippen LogP contribution is 2.14. The molecule has 0 aliphatic heterocycles. The summed E-state index contributed by atoms with van der Waals surface area (Å²) in [6.45, 7) is 2.20. The van der Waals surface area contributed by atoms with Gasteiger partial charge < -0.3 is 0 Å². The number of hydrogen-bond donors (Lipinski definition) is 1. The second-order valence-corrected chi connectivity index (χ2v) is 2.94. The number of thiol groups is 1. The van der Waals surface area contributed by atoms with Crippen molar-refractivity contribution in [2.45, 2.75) is 45.4 Å². The SMILES string of the molecule is C1CC1.CCCCCS. The minimum atomic E-state index is 1.05. The van der Waals surface area contributed by atoms with Gasteiger partial charge in [0.05, 0.1) is 0 Å². The van der Waals surface area contributed by atoms with Gasteiger partial charge >= 0.3 is 0 Å². The fourth-order valence-electron chi connectivity index (χ4n) is 0.362. The van der Waals surface area contributed by atoms with Crippen LogP contribution in [0.3, 0.4) is 0 Å². The van der Waals surface area contributed by atoms with E-state index in [-0.39, 0.29) is 0 Å². The summed E-state index contributed by atoms with van der Waals surface area (Å²) in [4.78, 5) is 0. The molecule has 1 aliphatic carbocycles. The van der Waals surface area contributed by atoms with Crippen LogP contribution < -0.4 is 0 Å². The first-order chi connectivity index (χ1) is 4.41. The fourth-order valence-corrected chi connectivity index (χ4v) is 0.585. The van der Waals surface area contributed by atoms with Crippen LogP contribution in [0, 0.1) is 0 Å². The summed E-state index contributed by atoms with van der Waals surface area (Å²) < 4.78 is 0. The molecule has 0 atom stereocenters. The lowest BCUT2D eigenvalue weighted by atomic mass is 10.3. The lowest BCUT2D eigenvalue weighted by molar-refractivity contribution is 0.780. The third-order valence-corrected chi connectivity index (χ3v) is 1.43. The first-order valence-electron chi connectivity index (χ1n) is 4.02. The van der Waals surface area contributed by atoms with Crippen LogP contribution >= 0.6 is 12.6 Å². The van der Waals surface area contributed by atoms with Crippen LogP contribution in [0.4, 0.5) is 0 Å². The fraction of sp³-hybridized carbons (Fsp3) is 1.00. The number of hydrogen-bond acceptors (Lipinski definition) is 1. The van der Waals surface area contributed by atoms with Crippen LogP contribution in [-0.2, 0) is 0 Å². The summed E-state index contributed by atoms with van der Waals surface area (Å²) in [5, 5.41) is 0. The topological polar surface area (TPSA) is 0 Å². The molecule has 0 heterocycles. The summed E-state index contributed by atoms with van der Waals surface area (Å²) in [6, 6.07) is 0. The van der Waals surface area contributed by atoms with Gasteiger partial charge in [0, 0.05) is 0 Å². The van der Waals surface area contributed by atoms with Crippen LogP contribution in [0.2, 0.25) is 0 Å². The van der Waals surface area contributed by atoms with Gasteiger partial charge in [-0.25, -0.2) is 0 Å². The third kappa shape index (κ3) is 17.8. The zero-order valence-corrected chi connectivity index (χ0v) is 7.29. The Labute approximate surface area is 64.4 Å². The summed E-state index contributed by atoms with van der Waals surface area (Å²) in [5.74, 6) is 1.05. The average Bonchev–Trinajstić information content (AvgIpc) is 2.67. The molecule has 1 fully saturated rings. The van der Waals surface area contributed by atoms with Crippen molar-refractivity contribution in [1.29, 1.82) is 0 Å². The van der Waals surface area contributed by atoms with Crippen molar-refractivity contribution in [3.05, 3.63) is 0 Å². The van der Waals surface area contributed by atoms with Gasteiger partial charge in [0.1, 0.15) is 0 Å². The maximum atomic E-state index is 4.05. The molecule has 1 rings (SSSR count). The summed E-state index contributed by atoms with van der Waals surface area (Å²) in [7, 11) is 0. The Bertz CT molecular complexity index is 35.1. The predicted molar refractivity (Wildman–Crippen MR) is 47.2 cm³/mol. The van der Waals surface area contributed by atoms with Crippen molar-refractivity contribution >= 4 is 12.6 Å². The Morgan fingerprint density at radius 1 is 1.11 bits per heavy atom. The molecule has 0 amide bonds. The monoisotopic (exact) mass is 146 g/mol. The van der Waals surface area contributed by atoms with Crippen LogP contribution in [0.15, 0.2) is 0 Å². The molecule has 0 nitrogen and oxygen atoms in total. The maximum absolute atomic E-state index is 4.05. The van der Waals surface area contributed by atoms with E-state index in [9.17, 15) is 0 Å². The highest BCUT2D eigenvalue weighted by molar-refractivity contribution is 7.80. The van der Waals surface area contributed by atoms with Crippen LogP contribution in [0.1, 0.15) is 45.4 Å². The van der Waals surface area contributed by atoms with E-state index in [4.69, 9.17) is 0 Å². The zero-order valence-electron chi connectivity index (χ0n) is 6.40. The van der Waals surface area contributed by atoms with E-state index >= 15 is 0 Å². The van der Waals surface area contributed by atoms with Gasteiger partial charge in [0.2, 0.25) is 0 Å². The molecule has 1 aliphatic rings. The normalized spacial score (nSPS) is 14.0. The van der Waals surface area contributed by atoms with Crippen LogP contribution in [0.25, 0.3) is 0 Å². The standard InChI is InChI=1S/C5H12S.C3H6/c1-2-3-4-5-6;1-2-3-1/h6H,2-5H2,1H3;1-3H2. The largest absolute Gasteiger partial charge is 0.179 e. The molecular formula is C8H18S. The average molecular weight is 146 g/mol. The first kappa shape index (κ1) is 9.35. The molecule has 0 saturated heterocycles. The van der Waals surface area contributed by atoms with Crippen LogP contribution in [0.5, 0.6) is 0 Å². The smallest absolute Gasteiger partial charge is 0.00979 e. The second kappa shape index (κ2) is 8.35. The summed E-state index contributed by atoms with van der Waals surface area (Å²) >= 11 is 4.05. The Morgan fingerprint density at radius 2 is 1.67 bits per heavy atom. The van der Waals surface area contributed by atoms with Crippen molar-refractivity contribution in [3.63, 3.8) is 0 Å². The van der Waals surface area contributed by atoms with Crippen molar-refractivity contribution in [1.82, 2.24) is 0 Å². The van der Waals surface area contributed by atoms with Gasteiger partial charge in [-0.15, -0.1) is 0 Å². The molecule has 0 radical (unpaired) electrons. The molecule has 0 aromatic carbocycles. The van der Waals surface area contributed by atoms with Crippen molar-refractivity contribution in [2.75, 3.05) is 5.75 Å². The zero-order chi connectivity index (χ0) is 6.95. The van der Waals surface area contributed by atoms with Gasteiger partial charge in [-0.05, 0) is 12.2 Å². The Morgan fingerprint density at radius 3 is 1.78 bits per heavy atom. The van der Waals surface area contributed by atoms with Gasteiger partial charge in [-0.3, -0.25) is 0 Å². The first-order valence-corrected chi connectivity index (χ1v) is 4.66. The third-order valence-electron chi connectivity index (χ3n) is 1.12. The molecule has 0 aromatic rings. The van der Waals surface area contributed by atoms with E-state index < -0.39 is 0 Å². The molecule has 0 unspecified atom stereocenters. The maximum Gasteiger partial charge on any atom is -0.00979 e. The molecule has 0 N–H and O–H groups in total. The molecule has 0 aromatic heterocycles. The van der Waals surface area contributed by atoms with E-state index in [0.717, 1.165) is 5.75 Å². The molecule has 9 heavy (non-hydrogen) atoms. The van der Waals surface area contributed by atoms with E-state index in [0.29, 0.717) is 0 Å². The van der Waals surface area contributed by atoms with Gasteiger partial charge in [-0.2, -0.15) is 12.6 Å². The van der Waals surface area contributed by atoms with Crippen molar-refractivity contribution in [2.24, 2.45) is 0 Å². The Kier molecular flexibility index (Phi) is 8.67. The molecular weight excluding hydrogens is 128 g/mol. The summed E-state index contributed by atoms with van der Waals surface area (Å²) in [6.07, 6.45) is 8.42. The molecule has 1 saturated carbocycles. The summed E-state index contributed by atoms with van der Waals surface area (Å²) in [5.41, 5.74) is 0. The van der Waals surface area contributed by atoms with Gasteiger partial charge in [-0.1, -0.05) is 39.0 Å². The lowest BCUT2D eigenvalue weighted by Crippen LogP contribution is -1.70. The van der Waals surface area contributed by atoms with Gasteiger partial charge in [0.25, 0.3) is 0 Å². The Balaban J connectivity index is 0.000000173. The molecule has 0 bridgehead atoms. The minimum absolute atomic E-state index is 1.05. The van der Waals surface area contributed by atoms with E-state index in [1.807, 2.05) is 0 Å². The highest BCUT2D eigenvalue weighted by Gasteiger charge is 1.95. The van der Waals surface area contributed by atoms with Gasteiger partial charge in [0.15, 0.2) is 0 Å². The quantitative estimate of drug-likeness (QED) is 0.458. The number of unbranched alkanes of at least 4 members (excludes halogenated alkanes) is 2. The van der Waals surface area contributed by atoms with Crippen LogP contribution in [-0.4, -0.2) is 5.75 Å².